The smallest absolute Gasteiger partial charge is 0.344 e. The molecule has 0 aliphatic heterocycles. The number of carbonyl (C=O) groups is 1. The predicted octanol–water partition coefficient (Wildman–Crippen LogP) is 1.60. The van der Waals surface area contributed by atoms with Crippen LogP contribution < -0.4 is 4.74 Å². The van der Waals surface area contributed by atoms with E-state index < -0.39 is 5.97 Å². The van der Waals surface area contributed by atoms with Gasteiger partial charge in [-0.15, -0.1) is 0 Å². The molecule has 0 fully saturated rings. The molecule has 7 nitrogen and oxygen atoms in total. The van der Waals surface area contributed by atoms with Crippen molar-refractivity contribution in [2.45, 2.75) is 13.8 Å². The van der Waals surface area contributed by atoms with Crippen LogP contribution >= 0.6 is 0 Å². The molecule has 0 saturated carbocycles. The van der Waals surface area contributed by atoms with Gasteiger partial charge in [0.25, 0.3) is 0 Å². The van der Waals surface area contributed by atoms with E-state index in [1.807, 2.05) is 19.2 Å². The van der Waals surface area contributed by atoms with Crippen LogP contribution in [0.4, 0.5) is 0 Å². The summed E-state index contributed by atoms with van der Waals surface area (Å²) in [5, 5.41) is 13.3. The van der Waals surface area contributed by atoms with Gasteiger partial charge in [-0.05, 0) is 25.5 Å². The predicted molar refractivity (Wildman–Crippen MR) is 78.0 cm³/mol. The van der Waals surface area contributed by atoms with Crippen LogP contribution in [0.25, 0.3) is 11.3 Å². The van der Waals surface area contributed by atoms with Crippen molar-refractivity contribution >= 4 is 5.97 Å². The summed E-state index contributed by atoms with van der Waals surface area (Å²) in [6.45, 7) is 3.60. The van der Waals surface area contributed by atoms with E-state index in [4.69, 9.17) is 9.47 Å². The minimum atomic E-state index is -0.486. The summed E-state index contributed by atoms with van der Waals surface area (Å²) >= 11 is 0. The maximum absolute atomic E-state index is 11.3. The van der Waals surface area contributed by atoms with Crippen molar-refractivity contribution in [3.63, 3.8) is 0 Å². The maximum atomic E-state index is 11.3. The monoisotopic (exact) mass is 300 g/mol. The third-order valence-electron chi connectivity index (χ3n) is 2.91. The van der Waals surface area contributed by atoms with E-state index in [1.165, 1.54) is 0 Å². The number of pyridine rings is 1. The highest BCUT2D eigenvalue weighted by Gasteiger charge is 2.14. The number of ether oxygens (including phenoxy) is 2. The number of nitriles is 1. The van der Waals surface area contributed by atoms with E-state index >= 15 is 0 Å². The fourth-order valence-corrected chi connectivity index (χ4v) is 1.95. The number of aryl methyl sites for hydroxylation is 2. The molecule has 0 saturated heterocycles. The minimum absolute atomic E-state index is 0.119. The molecule has 0 aliphatic rings. The molecular formula is C15H16N4O3. The lowest BCUT2D eigenvalue weighted by Crippen LogP contribution is -2.15. The number of rotatable bonds is 5. The average molecular weight is 300 g/mol. The summed E-state index contributed by atoms with van der Waals surface area (Å²) in [5.74, 6) is -0.221. The lowest BCUT2D eigenvalue weighted by Gasteiger charge is -2.10. The molecule has 0 aliphatic carbocycles. The first-order valence-corrected chi connectivity index (χ1v) is 6.74. The van der Waals surface area contributed by atoms with Gasteiger partial charge in [-0.3, -0.25) is 4.68 Å². The van der Waals surface area contributed by atoms with Crippen molar-refractivity contribution in [1.82, 2.24) is 14.8 Å². The zero-order valence-electron chi connectivity index (χ0n) is 12.7. The van der Waals surface area contributed by atoms with Gasteiger partial charge in [-0.2, -0.15) is 10.4 Å². The van der Waals surface area contributed by atoms with Gasteiger partial charge in [0.05, 0.1) is 18.5 Å². The van der Waals surface area contributed by atoms with Crippen molar-refractivity contribution in [1.29, 1.82) is 5.26 Å². The Bertz CT molecular complexity index is 731. The second-order valence-electron chi connectivity index (χ2n) is 4.61. The normalized spacial score (nSPS) is 10.1. The van der Waals surface area contributed by atoms with Crippen LogP contribution in [0.2, 0.25) is 0 Å². The summed E-state index contributed by atoms with van der Waals surface area (Å²) in [4.78, 5) is 15.6. The first-order valence-electron chi connectivity index (χ1n) is 6.74. The first kappa shape index (κ1) is 15.5. The van der Waals surface area contributed by atoms with Crippen molar-refractivity contribution in [3.8, 4) is 23.1 Å². The van der Waals surface area contributed by atoms with Crippen LogP contribution in [0.1, 0.15) is 18.2 Å². The summed E-state index contributed by atoms with van der Waals surface area (Å²) in [6.07, 6.45) is 3.49. The van der Waals surface area contributed by atoms with Gasteiger partial charge in [0.2, 0.25) is 0 Å². The van der Waals surface area contributed by atoms with Crippen molar-refractivity contribution in [2.75, 3.05) is 13.2 Å². The van der Waals surface area contributed by atoms with Crippen LogP contribution in [-0.4, -0.2) is 33.9 Å². The number of esters is 1. The lowest BCUT2D eigenvalue weighted by atomic mass is 10.1. The Morgan fingerprint density at radius 2 is 2.27 bits per heavy atom. The number of carbonyl (C=O) groups excluding carboxylic acids is 1. The molecule has 0 unspecified atom stereocenters. The van der Waals surface area contributed by atoms with Crippen LogP contribution in [0, 0.1) is 18.3 Å². The maximum Gasteiger partial charge on any atom is 0.344 e. The molecule has 0 aromatic carbocycles. The molecule has 0 bridgehead atoms. The molecule has 0 amide bonds. The van der Waals surface area contributed by atoms with Gasteiger partial charge in [0.15, 0.2) is 18.1 Å². The van der Waals surface area contributed by atoms with Crippen LogP contribution in [0.3, 0.4) is 0 Å². The summed E-state index contributed by atoms with van der Waals surface area (Å²) in [7, 11) is 1.81. The van der Waals surface area contributed by atoms with Crippen LogP contribution in [0.5, 0.6) is 5.75 Å². The van der Waals surface area contributed by atoms with Gasteiger partial charge < -0.3 is 9.47 Å². The summed E-state index contributed by atoms with van der Waals surface area (Å²) in [5.41, 5.74) is 2.42. The molecule has 2 aromatic heterocycles. The molecule has 22 heavy (non-hydrogen) atoms. The Hall–Kier alpha value is -2.88. The van der Waals surface area contributed by atoms with Gasteiger partial charge in [0.1, 0.15) is 6.07 Å². The van der Waals surface area contributed by atoms with Gasteiger partial charge >= 0.3 is 5.97 Å². The molecule has 0 spiro atoms. The van der Waals surface area contributed by atoms with Crippen molar-refractivity contribution < 1.29 is 14.3 Å². The Labute approximate surface area is 128 Å². The van der Waals surface area contributed by atoms with Crippen LogP contribution in [-0.2, 0) is 16.6 Å². The van der Waals surface area contributed by atoms with E-state index in [-0.39, 0.29) is 24.7 Å². The Morgan fingerprint density at radius 3 is 2.86 bits per heavy atom. The van der Waals surface area contributed by atoms with E-state index in [1.54, 1.807) is 30.9 Å². The molecule has 0 N–H and O–H groups in total. The highest BCUT2D eigenvalue weighted by atomic mass is 16.6. The Morgan fingerprint density at radius 1 is 1.50 bits per heavy atom. The van der Waals surface area contributed by atoms with Gasteiger partial charge in [-0.25, -0.2) is 9.78 Å². The van der Waals surface area contributed by atoms with Gasteiger partial charge in [0, 0.05) is 18.8 Å². The third kappa shape index (κ3) is 3.41. The second-order valence-corrected chi connectivity index (χ2v) is 4.61. The van der Waals surface area contributed by atoms with E-state index in [0.717, 1.165) is 11.1 Å². The quantitative estimate of drug-likeness (QED) is 0.779. The second kappa shape index (κ2) is 6.72. The molecule has 7 heteroatoms. The largest absolute Gasteiger partial charge is 0.479 e. The number of aromatic nitrogens is 3. The lowest BCUT2D eigenvalue weighted by molar-refractivity contribution is -0.145. The molecule has 2 heterocycles. The Balaban J connectivity index is 2.28. The Kier molecular flexibility index (Phi) is 4.73. The molecule has 0 radical (unpaired) electrons. The van der Waals surface area contributed by atoms with Crippen molar-refractivity contribution in [2.24, 2.45) is 7.05 Å². The van der Waals surface area contributed by atoms with E-state index in [9.17, 15) is 10.1 Å². The van der Waals surface area contributed by atoms with E-state index in [0.29, 0.717) is 5.69 Å². The summed E-state index contributed by atoms with van der Waals surface area (Å²) < 4.78 is 11.8. The van der Waals surface area contributed by atoms with E-state index in [2.05, 4.69) is 10.1 Å². The number of hydrogen-bond donors (Lipinski definition) is 0. The number of nitrogens with zero attached hydrogens (tertiary/aromatic N) is 4. The molecular weight excluding hydrogens is 284 g/mol. The van der Waals surface area contributed by atoms with Crippen LogP contribution in [0.15, 0.2) is 18.5 Å². The fraction of sp³-hybridized carbons (Fsp3) is 0.333. The topological polar surface area (TPSA) is 90.0 Å². The molecule has 2 aromatic rings. The van der Waals surface area contributed by atoms with Crippen molar-refractivity contribution in [3.05, 3.63) is 29.7 Å². The zero-order valence-corrected chi connectivity index (χ0v) is 12.7. The molecule has 114 valence electrons. The van der Waals surface area contributed by atoms with Gasteiger partial charge in [-0.1, -0.05) is 0 Å². The zero-order chi connectivity index (χ0) is 16.1. The molecule has 0 atom stereocenters. The minimum Gasteiger partial charge on any atom is -0.479 e. The highest BCUT2D eigenvalue weighted by Crippen LogP contribution is 2.26. The third-order valence-corrected chi connectivity index (χ3v) is 2.91. The number of hydrogen-bond acceptors (Lipinski definition) is 6. The first-order chi connectivity index (χ1) is 10.5. The molecule has 2 rings (SSSR count). The summed E-state index contributed by atoms with van der Waals surface area (Å²) in [6, 6.07) is 3.67. The fourth-order valence-electron chi connectivity index (χ4n) is 1.95. The highest BCUT2D eigenvalue weighted by molar-refractivity contribution is 5.71. The SMILES string of the molecule is CCOC(=O)COc1cc(C)c(-c2cnn(C)c2)nc1C#N. The average Bonchev–Trinajstić information content (AvgIpc) is 2.91. The standard InChI is InChI=1S/C15H16N4O3/c1-4-21-14(20)9-22-13-5-10(2)15(18-12(13)6-16)11-7-17-19(3)8-11/h5,7-8H,4,9H2,1-3H3.